The average molecular weight is 240 g/mol. The van der Waals surface area contributed by atoms with Gasteiger partial charge in [0.2, 0.25) is 0 Å². The van der Waals surface area contributed by atoms with Gasteiger partial charge in [0.25, 0.3) is 0 Å². The molecular weight excluding hydrogens is 224 g/mol. The highest BCUT2D eigenvalue weighted by molar-refractivity contribution is 5.75. The van der Waals surface area contributed by atoms with E-state index in [4.69, 9.17) is 11.0 Å². The van der Waals surface area contributed by atoms with E-state index in [1.165, 1.54) is 0 Å². The molecule has 0 unspecified atom stereocenters. The van der Waals surface area contributed by atoms with Crippen molar-refractivity contribution < 1.29 is 0 Å². The fourth-order valence-electron chi connectivity index (χ4n) is 2.03. The Labute approximate surface area is 107 Å². The average Bonchev–Trinajstić information content (AvgIpc) is 2.66. The lowest BCUT2D eigenvalue weighted by Crippen LogP contribution is -2.02. The lowest BCUT2D eigenvalue weighted by Gasteiger charge is -2.04. The van der Waals surface area contributed by atoms with Crippen molar-refractivity contribution in [1.82, 2.24) is 9.55 Å². The number of nitrogens with two attached hydrogens (primary N) is 1. The van der Waals surface area contributed by atoms with Crippen LogP contribution in [0.3, 0.4) is 0 Å². The van der Waals surface area contributed by atoms with Crippen LogP contribution in [-0.4, -0.2) is 9.55 Å². The Bertz CT molecular complexity index is 617. The molecule has 1 aromatic heterocycles. The smallest absolute Gasteiger partial charge is 0.131 e. The Morgan fingerprint density at radius 3 is 2.56 bits per heavy atom. The summed E-state index contributed by atoms with van der Waals surface area (Å²) in [6.45, 7) is 4.14. The summed E-state index contributed by atoms with van der Waals surface area (Å²) in [7, 11) is 1.90. The largest absolute Gasteiger partial charge is 0.383 e. The summed E-state index contributed by atoms with van der Waals surface area (Å²) in [5, 5.41) is 9.13. The number of hydrogen-bond acceptors (Lipinski definition) is 3. The van der Waals surface area contributed by atoms with Gasteiger partial charge in [-0.2, -0.15) is 5.26 Å². The molecule has 0 aliphatic carbocycles. The Morgan fingerprint density at radius 2 is 2.00 bits per heavy atom. The van der Waals surface area contributed by atoms with Crippen LogP contribution in [0.15, 0.2) is 24.3 Å². The molecule has 92 valence electrons. The van der Waals surface area contributed by atoms with Crippen LogP contribution in [0.5, 0.6) is 0 Å². The van der Waals surface area contributed by atoms with Crippen molar-refractivity contribution in [1.29, 1.82) is 5.26 Å². The second kappa shape index (κ2) is 4.53. The molecule has 0 saturated heterocycles. The summed E-state index contributed by atoms with van der Waals surface area (Å²) < 4.78 is 1.88. The van der Waals surface area contributed by atoms with E-state index in [0.717, 1.165) is 11.4 Å². The van der Waals surface area contributed by atoms with E-state index in [1.54, 1.807) is 6.07 Å². The molecule has 0 amide bonds. The molecular formula is C14H16N4. The van der Waals surface area contributed by atoms with Gasteiger partial charge in [-0.05, 0) is 6.07 Å². The summed E-state index contributed by atoms with van der Waals surface area (Å²) in [6, 6.07) is 9.55. The van der Waals surface area contributed by atoms with E-state index in [1.807, 2.05) is 29.8 Å². The summed E-state index contributed by atoms with van der Waals surface area (Å²) in [6.07, 6.45) is 0. The van der Waals surface area contributed by atoms with Gasteiger partial charge in [-0.25, -0.2) is 4.98 Å². The van der Waals surface area contributed by atoms with Crippen LogP contribution < -0.4 is 5.73 Å². The number of imidazole rings is 1. The zero-order valence-electron chi connectivity index (χ0n) is 10.8. The number of rotatable bonds is 2. The second-order valence-corrected chi connectivity index (χ2v) is 4.57. The van der Waals surface area contributed by atoms with Crippen molar-refractivity contribution in [3.05, 3.63) is 35.7 Å². The number of anilines is 1. The van der Waals surface area contributed by atoms with Crippen LogP contribution >= 0.6 is 0 Å². The first-order chi connectivity index (χ1) is 8.56. The number of hydrogen-bond donors (Lipinski definition) is 1. The van der Waals surface area contributed by atoms with Crippen molar-refractivity contribution in [2.45, 2.75) is 19.8 Å². The minimum Gasteiger partial charge on any atom is -0.383 e. The summed E-state index contributed by atoms with van der Waals surface area (Å²) in [5.41, 5.74) is 8.17. The highest BCUT2D eigenvalue weighted by Gasteiger charge is 2.17. The second-order valence-electron chi connectivity index (χ2n) is 4.57. The van der Waals surface area contributed by atoms with Crippen molar-refractivity contribution in [3.63, 3.8) is 0 Å². The van der Waals surface area contributed by atoms with Crippen LogP contribution in [0, 0.1) is 11.3 Å². The fraction of sp³-hybridized carbons (Fsp3) is 0.286. The summed E-state index contributed by atoms with van der Waals surface area (Å²) >= 11 is 0. The van der Waals surface area contributed by atoms with Gasteiger partial charge in [0, 0.05) is 18.5 Å². The molecule has 1 heterocycles. The van der Waals surface area contributed by atoms with Crippen LogP contribution in [-0.2, 0) is 7.05 Å². The maximum absolute atomic E-state index is 9.13. The first kappa shape index (κ1) is 12.2. The Morgan fingerprint density at radius 1 is 1.33 bits per heavy atom. The van der Waals surface area contributed by atoms with Crippen molar-refractivity contribution in [2.24, 2.45) is 7.05 Å². The van der Waals surface area contributed by atoms with Crippen LogP contribution in [0.4, 0.5) is 5.82 Å². The number of nitrogen functional groups attached to an aromatic ring is 1. The number of benzene rings is 1. The summed E-state index contributed by atoms with van der Waals surface area (Å²) in [4.78, 5) is 4.57. The normalized spacial score (nSPS) is 10.6. The standard InChI is InChI=1S/C14H16N4/c1-9(2)14-17-12(13(16)18(14)3)11-7-5-4-6-10(11)8-15/h4-7,9H,16H2,1-3H3. The first-order valence-corrected chi connectivity index (χ1v) is 5.87. The van der Waals surface area contributed by atoms with Gasteiger partial charge in [0.05, 0.1) is 11.6 Å². The van der Waals surface area contributed by atoms with E-state index < -0.39 is 0 Å². The molecule has 0 aliphatic heterocycles. The molecule has 0 spiro atoms. The highest BCUT2D eigenvalue weighted by Crippen LogP contribution is 2.30. The third-order valence-electron chi connectivity index (χ3n) is 2.99. The van der Waals surface area contributed by atoms with Crippen molar-refractivity contribution >= 4 is 5.82 Å². The molecule has 2 rings (SSSR count). The van der Waals surface area contributed by atoms with Gasteiger partial charge in [0.15, 0.2) is 0 Å². The van der Waals surface area contributed by atoms with E-state index >= 15 is 0 Å². The topological polar surface area (TPSA) is 67.6 Å². The zero-order valence-corrected chi connectivity index (χ0v) is 10.8. The first-order valence-electron chi connectivity index (χ1n) is 5.87. The summed E-state index contributed by atoms with van der Waals surface area (Å²) in [5.74, 6) is 1.82. The van der Waals surface area contributed by atoms with E-state index in [0.29, 0.717) is 23.0 Å². The molecule has 0 aliphatic rings. The Balaban J connectivity index is 2.66. The molecule has 0 saturated carbocycles. The van der Waals surface area contributed by atoms with Crippen LogP contribution in [0.2, 0.25) is 0 Å². The molecule has 4 heteroatoms. The predicted octanol–water partition coefficient (Wildman–Crippen LogP) is 2.66. The minimum atomic E-state index is 0.292. The van der Waals surface area contributed by atoms with E-state index in [-0.39, 0.29) is 0 Å². The monoisotopic (exact) mass is 240 g/mol. The maximum Gasteiger partial charge on any atom is 0.131 e. The van der Waals surface area contributed by atoms with Crippen LogP contribution in [0.1, 0.15) is 31.2 Å². The zero-order chi connectivity index (χ0) is 13.3. The molecule has 2 aromatic rings. The van der Waals surface area contributed by atoms with Gasteiger partial charge in [-0.3, -0.25) is 0 Å². The molecule has 1 aromatic carbocycles. The minimum absolute atomic E-state index is 0.292. The third kappa shape index (κ3) is 1.84. The van der Waals surface area contributed by atoms with Gasteiger partial charge >= 0.3 is 0 Å². The maximum atomic E-state index is 9.13. The van der Waals surface area contributed by atoms with Gasteiger partial charge in [-0.15, -0.1) is 0 Å². The van der Waals surface area contributed by atoms with Crippen molar-refractivity contribution in [3.8, 4) is 17.3 Å². The Kier molecular flexibility index (Phi) is 3.07. The molecule has 0 radical (unpaired) electrons. The highest BCUT2D eigenvalue weighted by atomic mass is 15.1. The molecule has 0 fully saturated rings. The predicted molar refractivity (Wildman–Crippen MR) is 71.9 cm³/mol. The Hall–Kier alpha value is -2.28. The van der Waals surface area contributed by atoms with E-state index in [2.05, 4.69) is 24.9 Å². The van der Waals surface area contributed by atoms with Crippen LogP contribution in [0.25, 0.3) is 11.3 Å². The number of aromatic nitrogens is 2. The molecule has 0 bridgehead atoms. The van der Waals surface area contributed by atoms with Crippen molar-refractivity contribution in [2.75, 3.05) is 5.73 Å². The SMILES string of the molecule is CC(C)c1nc(-c2ccccc2C#N)c(N)n1C. The fourth-order valence-corrected chi connectivity index (χ4v) is 2.03. The molecule has 0 atom stereocenters. The molecule has 4 nitrogen and oxygen atoms in total. The lowest BCUT2D eigenvalue weighted by atomic mass is 10.1. The lowest BCUT2D eigenvalue weighted by molar-refractivity contribution is 0.715. The third-order valence-corrected chi connectivity index (χ3v) is 2.99. The van der Waals surface area contributed by atoms with E-state index in [9.17, 15) is 0 Å². The number of nitriles is 1. The quantitative estimate of drug-likeness (QED) is 0.877. The molecule has 18 heavy (non-hydrogen) atoms. The van der Waals surface area contributed by atoms with Gasteiger partial charge in [-0.1, -0.05) is 32.0 Å². The van der Waals surface area contributed by atoms with Gasteiger partial charge < -0.3 is 10.3 Å². The molecule has 2 N–H and O–H groups in total. The van der Waals surface area contributed by atoms with Gasteiger partial charge in [0.1, 0.15) is 17.3 Å². The number of nitrogens with zero attached hydrogens (tertiary/aromatic N) is 3.